The van der Waals surface area contributed by atoms with Crippen molar-refractivity contribution in [3.63, 3.8) is 0 Å². The molecule has 0 spiro atoms. The SMILES string of the molecule is CSCC(NC(=O)c1c(F)cccc1C(=O)O)(S(C)(=O)=O)S(C)(=O)=O. The van der Waals surface area contributed by atoms with E-state index in [1.807, 2.05) is 5.32 Å². The second-order valence-corrected chi connectivity index (χ2v) is 10.8. The van der Waals surface area contributed by atoms with Crippen LogP contribution in [0.5, 0.6) is 0 Å². The maximum atomic E-state index is 14.0. The number of sulfone groups is 2. The summed E-state index contributed by atoms with van der Waals surface area (Å²) in [6.07, 6.45) is 2.65. The number of carboxylic acid groups (broad SMARTS) is 1. The Hall–Kier alpha value is -1.66. The minimum atomic E-state index is -4.41. The molecule has 0 saturated carbocycles. The summed E-state index contributed by atoms with van der Waals surface area (Å²) in [6, 6.07) is 2.80. The highest BCUT2D eigenvalue weighted by Gasteiger charge is 2.52. The Morgan fingerprint density at radius 3 is 2.12 bits per heavy atom. The molecule has 0 aliphatic carbocycles. The summed E-state index contributed by atoms with van der Waals surface area (Å²) in [5, 5.41) is 10.9. The van der Waals surface area contributed by atoms with E-state index >= 15 is 0 Å². The number of halogens is 1. The molecule has 0 unspecified atom stereocenters. The van der Waals surface area contributed by atoms with Crippen LogP contribution in [-0.4, -0.2) is 62.5 Å². The van der Waals surface area contributed by atoms with E-state index in [0.29, 0.717) is 12.5 Å². The first-order chi connectivity index (χ1) is 11.3. The van der Waals surface area contributed by atoms with Gasteiger partial charge in [0.05, 0.1) is 11.1 Å². The zero-order valence-corrected chi connectivity index (χ0v) is 15.9. The Kier molecular flexibility index (Phi) is 6.24. The van der Waals surface area contributed by atoms with Crippen LogP contribution in [-0.2, 0) is 19.7 Å². The molecule has 0 aliphatic heterocycles. The van der Waals surface area contributed by atoms with E-state index in [1.165, 1.54) is 6.26 Å². The number of thioether (sulfide) groups is 1. The molecule has 1 aromatic rings. The van der Waals surface area contributed by atoms with Gasteiger partial charge in [0.2, 0.25) is 0 Å². The third-order valence-electron chi connectivity index (χ3n) is 3.31. The van der Waals surface area contributed by atoms with E-state index in [4.69, 9.17) is 5.11 Å². The fraction of sp³-hybridized carbons (Fsp3) is 0.385. The van der Waals surface area contributed by atoms with Crippen molar-refractivity contribution in [2.75, 3.05) is 24.5 Å². The highest BCUT2D eigenvalue weighted by atomic mass is 32.3. The molecule has 0 atom stereocenters. The van der Waals surface area contributed by atoms with Crippen molar-refractivity contribution >= 4 is 43.3 Å². The molecular weight excluding hydrogens is 397 g/mol. The largest absolute Gasteiger partial charge is 0.478 e. The van der Waals surface area contributed by atoms with E-state index in [-0.39, 0.29) is 0 Å². The smallest absolute Gasteiger partial charge is 0.336 e. The van der Waals surface area contributed by atoms with E-state index in [1.54, 1.807) is 0 Å². The zero-order valence-electron chi connectivity index (χ0n) is 13.4. The van der Waals surface area contributed by atoms with Crippen molar-refractivity contribution in [3.05, 3.63) is 35.1 Å². The highest BCUT2D eigenvalue weighted by molar-refractivity contribution is 8.11. The summed E-state index contributed by atoms with van der Waals surface area (Å²) in [5.41, 5.74) is -1.68. The number of hydrogen-bond donors (Lipinski definition) is 2. The molecule has 0 fully saturated rings. The van der Waals surface area contributed by atoms with Gasteiger partial charge in [-0.15, -0.1) is 0 Å². The van der Waals surface area contributed by atoms with Crippen LogP contribution < -0.4 is 5.32 Å². The number of rotatable bonds is 7. The van der Waals surface area contributed by atoms with Crippen LogP contribution in [0.2, 0.25) is 0 Å². The number of amides is 1. The summed E-state index contributed by atoms with van der Waals surface area (Å²) in [4.78, 5) is 23.6. The van der Waals surface area contributed by atoms with Crippen molar-refractivity contribution < 1.29 is 35.9 Å². The second-order valence-electron chi connectivity index (χ2n) is 5.15. The normalized spacial score (nSPS) is 12.6. The van der Waals surface area contributed by atoms with Crippen molar-refractivity contribution in [1.82, 2.24) is 5.32 Å². The van der Waals surface area contributed by atoms with Crippen molar-refractivity contribution in [2.24, 2.45) is 0 Å². The average molecular weight is 413 g/mol. The molecule has 1 aromatic carbocycles. The van der Waals surface area contributed by atoms with Gasteiger partial charge in [-0.05, 0) is 18.4 Å². The maximum Gasteiger partial charge on any atom is 0.336 e. The van der Waals surface area contributed by atoms with Gasteiger partial charge < -0.3 is 10.4 Å². The number of carbonyl (C=O) groups is 2. The van der Waals surface area contributed by atoms with Gasteiger partial charge >= 0.3 is 5.97 Å². The monoisotopic (exact) mass is 413 g/mol. The molecule has 0 bridgehead atoms. The number of benzene rings is 1. The predicted octanol–water partition coefficient (Wildman–Crippen LogP) is 0.360. The first-order valence-corrected chi connectivity index (χ1v) is 11.7. The lowest BCUT2D eigenvalue weighted by atomic mass is 10.1. The van der Waals surface area contributed by atoms with Crippen LogP contribution in [0.25, 0.3) is 0 Å². The van der Waals surface area contributed by atoms with Crippen LogP contribution in [0.1, 0.15) is 20.7 Å². The van der Waals surface area contributed by atoms with Gasteiger partial charge in [-0.2, -0.15) is 11.8 Å². The van der Waals surface area contributed by atoms with E-state index < -0.39 is 58.5 Å². The van der Waals surface area contributed by atoms with Crippen LogP contribution in [0.4, 0.5) is 4.39 Å². The first kappa shape index (κ1) is 21.4. The molecule has 0 heterocycles. The molecular formula is C13H16FNO7S3. The van der Waals surface area contributed by atoms with Gasteiger partial charge in [-0.3, -0.25) is 4.79 Å². The summed E-state index contributed by atoms with van der Waals surface area (Å²) < 4.78 is 59.8. The Bertz CT molecular complexity index is 878. The number of nitrogens with one attached hydrogen (secondary N) is 1. The lowest BCUT2D eigenvalue weighted by Crippen LogP contribution is -2.61. The van der Waals surface area contributed by atoms with Gasteiger partial charge in [-0.1, -0.05) is 6.07 Å². The summed E-state index contributed by atoms with van der Waals surface area (Å²) in [6.45, 7) is 0. The van der Waals surface area contributed by atoms with Gasteiger partial charge in [0.1, 0.15) is 5.82 Å². The minimum Gasteiger partial charge on any atom is -0.478 e. The standard InChI is InChI=1S/C13H16FNO7S3/c1-23-7-13(24(2,19)20,25(3,21)22)15-11(16)10-8(12(17)18)5-4-6-9(10)14/h4-6H,7H2,1-3H3,(H,15,16)(H,17,18). The van der Waals surface area contributed by atoms with Gasteiger partial charge in [0, 0.05) is 18.3 Å². The molecule has 2 N–H and O–H groups in total. The average Bonchev–Trinajstić information content (AvgIpc) is 2.43. The fourth-order valence-corrected chi connectivity index (χ4v) is 7.70. The van der Waals surface area contributed by atoms with Crippen LogP contribution in [0.3, 0.4) is 0 Å². The number of hydrogen-bond acceptors (Lipinski definition) is 7. The summed E-state index contributed by atoms with van der Waals surface area (Å²) >= 11 is 0.831. The molecule has 0 aliphatic rings. The van der Waals surface area contributed by atoms with Crippen molar-refractivity contribution in [3.8, 4) is 0 Å². The first-order valence-electron chi connectivity index (χ1n) is 6.51. The van der Waals surface area contributed by atoms with Gasteiger partial charge in [0.25, 0.3) is 10.1 Å². The van der Waals surface area contributed by atoms with Gasteiger partial charge in [0.15, 0.2) is 19.7 Å². The molecule has 140 valence electrons. The molecule has 1 amide bonds. The number of carbonyl (C=O) groups excluding carboxylic acids is 1. The Morgan fingerprint density at radius 2 is 1.72 bits per heavy atom. The summed E-state index contributed by atoms with van der Waals surface area (Å²) in [7, 11) is -8.81. The zero-order chi connectivity index (χ0) is 19.6. The van der Waals surface area contributed by atoms with E-state index in [9.17, 15) is 30.8 Å². The molecule has 8 nitrogen and oxygen atoms in total. The lowest BCUT2D eigenvalue weighted by molar-refractivity contribution is 0.0689. The third kappa shape index (κ3) is 4.12. The number of aromatic carboxylic acids is 1. The Morgan fingerprint density at radius 1 is 1.20 bits per heavy atom. The molecule has 1 rings (SSSR count). The molecule has 12 heteroatoms. The predicted molar refractivity (Wildman–Crippen MR) is 91.6 cm³/mol. The fourth-order valence-electron chi connectivity index (χ4n) is 2.07. The summed E-state index contributed by atoms with van der Waals surface area (Å²) in [5.74, 6) is -4.87. The van der Waals surface area contributed by atoms with Gasteiger partial charge in [-0.25, -0.2) is 26.0 Å². The molecule has 0 saturated heterocycles. The van der Waals surface area contributed by atoms with E-state index in [0.717, 1.165) is 30.0 Å². The van der Waals surface area contributed by atoms with Crippen LogP contribution in [0.15, 0.2) is 18.2 Å². The van der Waals surface area contributed by atoms with Crippen molar-refractivity contribution in [1.29, 1.82) is 0 Å². The quantitative estimate of drug-likeness (QED) is 0.654. The second kappa shape index (κ2) is 7.30. The minimum absolute atomic E-state index is 0.562. The molecule has 0 radical (unpaired) electrons. The molecule has 25 heavy (non-hydrogen) atoms. The highest BCUT2D eigenvalue weighted by Crippen LogP contribution is 2.26. The van der Waals surface area contributed by atoms with Crippen LogP contribution in [0, 0.1) is 5.82 Å². The van der Waals surface area contributed by atoms with Crippen molar-refractivity contribution in [2.45, 2.75) is 4.20 Å². The third-order valence-corrected chi connectivity index (χ3v) is 9.10. The number of carboxylic acids is 1. The maximum absolute atomic E-state index is 14.0. The Labute approximate surface area is 148 Å². The Balaban J connectivity index is 3.62. The van der Waals surface area contributed by atoms with Crippen LogP contribution >= 0.6 is 11.8 Å². The topological polar surface area (TPSA) is 135 Å². The van der Waals surface area contributed by atoms with E-state index in [2.05, 4.69) is 0 Å². The lowest BCUT2D eigenvalue weighted by Gasteiger charge is -2.30. The molecule has 0 aromatic heterocycles.